The summed E-state index contributed by atoms with van der Waals surface area (Å²) in [7, 11) is -1.74. The first-order chi connectivity index (χ1) is 16.3. The number of likely N-dealkylation sites (tertiary alicyclic amines) is 1. The Balaban J connectivity index is 1.45. The predicted octanol–water partition coefficient (Wildman–Crippen LogP) is 2.97. The summed E-state index contributed by atoms with van der Waals surface area (Å²) in [4.78, 5) is 18.8. The minimum Gasteiger partial charge on any atom is -0.489 e. The highest BCUT2D eigenvalue weighted by Crippen LogP contribution is 2.28. The van der Waals surface area contributed by atoms with Crippen LogP contribution < -0.4 is 10.2 Å². The topological polar surface area (TPSA) is 109 Å². The summed E-state index contributed by atoms with van der Waals surface area (Å²) in [5.74, 6) is -1.09. The lowest BCUT2D eigenvalue weighted by Gasteiger charge is -2.35. The highest BCUT2D eigenvalue weighted by Gasteiger charge is 2.36. The van der Waals surface area contributed by atoms with Gasteiger partial charge in [-0.05, 0) is 69.3 Å². The maximum absolute atomic E-state index is 13.1. The maximum Gasteiger partial charge on any atom is 0.248 e. The molecule has 34 heavy (non-hydrogen) atoms. The van der Waals surface area contributed by atoms with Gasteiger partial charge in [-0.3, -0.25) is 15.0 Å². The Kier molecular flexibility index (Phi) is 7.16. The quantitative estimate of drug-likeness (QED) is 0.393. The number of nitrogens with zero attached hydrogens (tertiary/aromatic N) is 2. The van der Waals surface area contributed by atoms with Gasteiger partial charge in [-0.15, -0.1) is 0 Å². The lowest BCUT2D eigenvalue weighted by atomic mass is 9.86. The number of hydrogen-bond acceptors (Lipinski definition) is 7. The van der Waals surface area contributed by atoms with Crippen LogP contribution in [0.15, 0.2) is 59.5 Å². The Labute approximate surface area is 199 Å². The number of aromatic nitrogens is 1. The molecule has 0 radical (unpaired) electrons. The number of sulfone groups is 1. The normalized spacial score (nSPS) is 19.1. The third kappa shape index (κ3) is 5.38. The molecule has 8 nitrogen and oxygen atoms in total. The van der Waals surface area contributed by atoms with Gasteiger partial charge >= 0.3 is 0 Å². The van der Waals surface area contributed by atoms with Gasteiger partial charge < -0.3 is 9.64 Å². The fourth-order valence-corrected chi connectivity index (χ4v) is 6.25. The molecular weight excluding hydrogens is 454 g/mol. The predicted molar refractivity (Wildman–Crippen MR) is 128 cm³/mol. The fraction of sp³-hybridized carbons (Fsp3) is 0.360. The molecule has 9 heteroatoms. The second kappa shape index (κ2) is 10.1. The third-order valence-electron chi connectivity index (χ3n) is 6.35. The lowest BCUT2D eigenvalue weighted by Crippen LogP contribution is -2.47. The van der Waals surface area contributed by atoms with E-state index in [1.165, 1.54) is 12.1 Å². The Morgan fingerprint density at radius 2 is 1.94 bits per heavy atom. The summed E-state index contributed by atoms with van der Waals surface area (Å²) in [5.41, 5.74) is 4.50. The van der Waals surface area contributed by atoms with Crippen LogP contribution in [0.4, 0.5) is 0 Å². The largest absolute Gasteiger partial charge is 0.489 e. The summed E-state index contributed by atoms with van der Waals surface area (Å²) < 4.78 is 32.1. The van der Waals surface area contributed by atoms with Crippen molar-refractivity contribution < 1.29 is 23.2 Å². The zero-order valence-corrected chi connectivity index (χ0v) is 20.1. The van der Waals surface area contributed by atoms with Crippen molar-refractivity contribution in [3.8, 4) is 5.75 Å². The van der Waals surface area contributed by atoms with Gasteiger partial charge in [0.05, 0.1) is 22.1 Å². The molecule has 0 aliphatic carbocycles. The maximum atomic E-state index is 13.1. The van der Waals surface area contributed by atoms with Gasteiger partial charge in [0, 0.05) is 23.2 Å². The minimum absolute atomic E-state index is 0.151. The van der Waals surface area contributed by atoms with E-state index in [1.54, 1.807) is 17.6 Å². The molecule has 180 valence electrons. The monoisotopic (exact) mass is 483 g/mol. The summed E-state index contributed by atoms with van der Waals surface area (Å²) in [6.07, 6.45) is 0.564. The standard InChI is InChI=1S/C25H29N3O5S/c1-17-13-19(22-5-3-4-6-24(22)26-17)15-33-20-7-9-21(10-8-20)34(31,32)16-18-11-12-28(2)14-23(18)25(29)27-30/h3-10,13,18,23,30H,11-12,14-16H2,1-2H3,(H,27,29)/t18-,23-/m1/s1. The number of rotatable bonds is 7. The number of carbonyl (C=O) groups excluding carboxylic acids is 1. The van der Waals surface area contributed by atoms with Gasteiger partial charge in [-0.25, -0.2) is 13.9 Å². The molecular formula is C25H29N3O5S. The van der Waals surface area contributed by atoms with E-state index in [4.69, 9.17) is 9.94 Å². The molecule has 1 aliphatic heterocycles. The van der Waals surface area contributed by atoms with E-state index in [-0.39, 0.29) is 16.6 Å². The molecule has 2 N–H and O–H groups in total. The molecule has 3 aromatic rings. The average Bonchev–Trinajstić information content (AvgIpc) is 2.83. The van der Waals surface area contributed by atoms with Crippen molar-refractivity contribution in [3.05, 3.63) is 65.9 Å². The van der Waals surface area contributed by atoms with Crippen molar-refractivity contribution in [3.63, 3.8) is 0 Å². The molecule has 2 aromatic carbocycles. The van der Waals surface area contributed by atoms with Crippen LogP contribution in [0.3, 0.4) is 0 Å². The van der Waals surface area contributed by atoms with Crippen LogP contribution >= 0.6 is 0 Å². The SMILES string of the molecule is Cc1cc(COc2ccc(S(=O)(=O)C[C@H]3CCN(C)C[C@H]3C(=O)NO)cc2)c2ccccc2n1. The molecule has 4 rings (SSSR count). The number of ether oxygens (including phenoxy) is 1. The molecule has 1 amide bonds. The molecule has 1 aromatic heterocycles. The zero-order chi connectivity index (χ0) is 24.3. The van der Waals surface area contributed by atoms with E-state index in [1.807, 2.05) is 49.2 Å². The van der Waals surface area contributed by atoms with E-state index in [2.05, 4.69) is 4.98 Å². The van der Waals surface area contributed by atoms with Crippen LogP contribution in [0.1, 0.15) is 17.7 Å². The number of para-hydroxylation sites is 1. The number of aryl methyl sites for hydroxylation is 1. The first kappa shape index (κ1) is 24.1. The van der Waals surface area contributed by atoms with Crippen LogP contribution in [-0.2, 0) is 21.2 Å². The number of fused-ring (bicyclic) bond motifs is 1. The van der Waals surface area contributed by atoms with E-state index < -0.39 is 21.7 Å². The van der Waals surface area contributed by atoms with Crippen LogP contribution in [0.2, 0.25) is 0 Å². The zero-order valence-electron chi connectivity index (χ0n) is 19.3. The van der Waals surface area contributed by atoms with Crippen LogP contribution in [0, 0.1) is 18.8 Å². The van der Waals surface area contributed by atoms with E-state index in [0.717, 1.165) is 22.2 Å². The van der Waals surface area contributed by atoms with Gasteiger partial charge in [0.2, 0.25) is 5.91 Å². The van der Waals surface area contributed by atoms with Crippen LogP contribution in [0.5, 0.6) is 5.75 Å². The summed E-state index contributed by atoms with van der Waals surface area (Å²) in [6, 6.07) is 16.2. The number of nitrogens with one attached hydrogen (secondary N) is 1. The number of hydroxylamine groups is 1. The van der Waals surface area contributed by atoms with Crippen molar-refractivity contribution in [2.75, 3.05) is 25.9 Å². The number of carbonyl (C=O) groups is 1. The highest BCUT2D eigenvalue weighted by molar-refractivity contribution is 7.91. The van der Waals surface area contributed by atoms with Crippen molar-refractivity contribution in [1.82, 2.24) is 15.4 Å². The lowest BCUT2D eigenvalue weighted by molar-refractivity contribution is -0.136. The summed E-state index contributed by atoms with van der Waals surface area (Å²) >= 11 is 0. The summed E-state index contributed by atoms with van der Waals surface area (Å²) in [6.45, 7) is 3.38. The first-order valence-electron chi connectivity index (χ1n) is 11.2. The highest BCUT2D eigenvalue weighted by atomic mass is 32.2. The Bertz CT molecular complexity index is 1280. The Morgan fingerprint density at radius 1 is 1.21 bits per heavy atom. The van der Waals surface area contributed by atoms with Crippen molar-refractivity contribution in [1.29, 1.82) is 0 Å². The minimum atomic E-state index is -3.61. The van der Waals surface area contributed by atoms with Crippen LogP contribution in [-0.4, -0.2) is 55.3 Å². The molecule has 1 fully saturated rings. The summed E-state index contributed by atoms with van der Waals surface area (Å²) in [5, 5.41) is 10.1. The average molecular weight is 484 g/mol. The molecule has 0 bridgehead atoms. The molecule has 2 atom stereocenters. The number of amides is 1. The van der Waals surface area contributed by atoms with E-state index in [0.29, 0.717) is 31.9 Å². The number of piperidine rings is 1. The molecule has 0 unspecified atom stereocenters. The smallest absolute Gasteiger partial charge is 0.248 e. The van der Waals surface area contributed by atoms with Crippen molar-refractivity contribution in [2.24, 2.45) is 11.8 Å². The van der Waals surface area contributed by atoms with Gasteiger partial charge in [0.1, 0.15) is 12.4 Å². The Morgan fingerprint density at radius 3 is 2.68 bits per heavy atom. The van der Waals surface area contributed by atoms with Gasteiger partial charge in [-0.1, -0.05) is 18.2 Å². The van der Waals surface area contributed by atoms with Crippen molar-refractivity contribution >= 4 is 26.6 Å². The molecule has 0 saturated carbocycles. The second-order valence-corrected chi connectivity index (χ2v) is 10.9. The van der Waals surface area contributed by atoms with Gasteiger partial charge in [-0.2, -0.15) is 0 Å². The number of hydrogen-bond donors (Lipinski definition) is 2. The Hall–Kier alpha value is -3.01. The fourth-order valence-electron chi connectivity index (χ4n) is 4.54. The number of benzene rings is 2. The van der Waals surface area contributed by atoms with Gasteiger partial charge in [0.15, 0.2) is 9.84 Å². The second-order valence-electron chi connectivity index (χ2n) is 8.87. The van der Waals surface area contributed by atoms with Crippen LogP contribution in [0.25, 0.3) is 10.9 Å². The molecule has 1 saturated heterocycles. The third-order valence-corrected chi connectivity index (χ3v) is 8.20. The van der Waals surface area contributed by atoms with E-state index >= 15 is 0 Å². The van der Waals surface area contributed by atoms with E-state index in [9.17, 15) is 13.2 Å². The van der Waals surface area contributed by atoms with Crippen molar-refractivity contribution in [2.45, 2.75) is 24.8 Å². The number of pyridine rings is 1. The molecule has 2 heterocycles. The van der Waals surface area contributed by atoms with Gasteiger partial charge in [0.25, 0.3) is 0 Å². The first-order valence-corrected chi connectivity index (χ1v) is 12.9. The molecule has 1 aliphatic rings. The molecule has 0 spiro atoms.